The van der Waals surface area contributed by atoms with Gasteiger partial charge in [0.25, 0.3) is 0 Å². The largest absolute Gasteiger partial charge is 0.377 e. The number of hydrogen-bond donors (Lipinski definition) is 3. The molecule has 6 nitrogen and oxygen atoms in total. The van der Waals surface area contributed by atoms with Gasteiger partial charge < -0.3 is 20.7 Å². The van der Waals surface area contributed by atoms with Crippen LogP contribution in [0.15, 0.2) is 0 Å². The number of carbonyl (C=O) groups excluding carboxylic acids is 1. The van der Waals surface area contributed by atoms with E-state index in [-0.39, 0.29) is 10.2 Å². The molecular formula is C18H44N4O2. The molecule has 1 aliphatic rings. The molecule has 24 heavy (non-hydrogen) atoms. The van der Waals surface area contributed by atoms with Gasteiger partial charge in [0, 0.05) is 49.1 Å². The second kappa shape index (κ2) is 12.6. The van der Waals surface area contributed by atoms with Gasteiger partial charge in [-0.2, -0.15) is 0 Å². The quantitative estimate of drug-likeness (QED) is 0.469. The number of piperidine rings is 1. The highest BCUT2D eigenvalue weighted by Crippen LogP contribution is 2.13. The highest BCUT2D eigenvalue weighted by atomic mass is 16.5. The molecule has 1 unspecified atom stereocenters. The normalized spacial score (nSPS) is 18.0. The minimum atomic E-state index is 0. The number of amides is 1. The Hall–Kier alpha value is -0.690. The molecule has 3 N–H and O–H groups in total. The third-order valence-electron chi connectivity index (χ3n) is 4.46. The van der Waals surface area contributed by atoms with E-state index in [4.69, 9.17) is 4.74 Å². The third kappa shape index (κ3) is 10.2. The average molecular weight is 349 g/mol. The lowest BCUT2D eigenvalue weighted by atomic mass is 10.1. The van der Waals surface area contributed by atoms with Gasteiger partial charge in [0.15, 0.2) is 0 Å². The van der Waals surface area contributed by atoms with Gasteiger partial charge >= 0.3 is 0 Å². The molecule has 148 valence electrons. The molecule has 1 amide bonds. The maximum absolute atomic E-state index is 12.0. The van der Waals surface area contributed by atoms with Crippen molar-refractivity contribution >= 4 is 5.91 Å². The van der Waals surface area contributed by atoms with Gasteiger partial charge in [0.2, 0.25) is 5.91 Å². The summed E-state index contributed by atoms with van der Waals surface area (Å²) in [6.07, 6.45) is 3.49. The Morgan fingerprint density at radius 2 is 1.88 bits per heavy atom. The minimum absolute atomic E-state index is 0. The first kappa shape index (κ1) is 21.4. The van der Waals surface area contributed by atoms with Crippen molar-refractivity contribution in [2.75, 3.05) is 45.9 Å². The standard InChI is InChI=1S/C18H38N4O2.3H2/c1-5-16(4)20-8-9-21-18(23)14-22-11-6-17(7-12-22)24-13-10-19-15(2)3;;;/h15-17,19-20H,5-14H2,1-4H3,(H,21,23);3*1H. The fourth-order valence-corrected chi connectivity index (χ4v) is 2.73. The van der Waals surface area contributed by atoms with Crippen LogP contribution in [0.3, 0.4) is 0 Å². The number of carbonyl (C=O) groups is 1. The van der Waals surface area contributed by atoms with E-state index in [0.29, 0.717) is 31.3 Å². The molecule has 1 heterocycles. The van der Waals surface area contributed by atoms with Gasteiger partial charge in [-0.25, -0.2) is 0 Å². The molecule has 0 aliphatic carbocycles. The van der Waals surface area contributed by atoms with E-state index in [0.717, 1.165) is 52.0 Å². The summed E-state index contributed by atoms with van der Waals surface area (Å²) in [4.78, 5) is 14.2. The molecule has 0 aromatic rings. The number of hydrogen-bond acceptors (Lipinski definition) is 5. The molecule has 0 aromatic heterocycles. The fraction of sp³-hybridized carbons (Fsp3) is 0.944. The molecule has 1 fully saturated rings. The van der Waals surface area contributed by atoms with Gasteiger partial charge in [0.05, 0.1) is 19.3 Å². The molecule has 1 atom stereocenters. The first-order chi connectivity index (χ1) is 11.5. The zero-order valence-corrected chi connectivity index (χ0v) is 16.1. The molecule has 0 spiro atoms. The van der Waals surface area contributed by atoms with Crippen LogP contribution < -0.4 is 16.0 Å². The van der Waals surface area contributed by atoms with Crippen molar-refractivity contribution in [3.63, 3.8) is 0 Å². The Bertz CT molecular complexity index is 345. The minimum Gasteiger partial charge on any atom is -0.377 e. The van der Waals surface area contributed by atoms with Crippen LogP contribution >= 0.6 is 0 Å². The van der Waals surface area contributed by atoms with Crippen LogP contribution in [0.5, 0.6) is 0 Å². The lowest BCUT2D eigenvalue weighted by Gasteiger charge is -2.31. The first-order valence-corrected chi connectivity index (χ1v) is 9.58. The van der Waals surface area contributed by atoms with Crippen molar-refractivity contribution < 1.29 is 13.8 Å². The monoisotopic (exact) mass is 348 g/mol. The summed E-state index contributed by atoms with van der Waals surface area (Å²) in [7, 11) is 0. The van der Waals surface area contributed by atoms with Crippen molar-refractivity contribution in [1.29, 1.82) is 0 Å². The second-order valence-corrected chi connectivity index (χ2v) is 7.07. The van der Waals surface area contributed by atoms with Gasteiger partial charge in [0.1, 0.15) is 0 Å². The van der Waals surface area contributed by atoms with Crippen molar-refractivity contribution in [3.8, 4) is 0 Å². The highest BCUT2D eigenvalue weighted by Gasteiger charge is 2.21. The van der Waals surface area contributed by atoms with Crippen LogP contribution in [-0.4, -0.2) is 74.9 Å². The summed E-state index contributed by atoms with van der Waals surface area (Å²) in [5.41, 5.74) is 0. The molecule has 0 aromatic carbocycles. The summed E-state index contributed by atoms with van der Waals surface area (Å²) < 4.78 is 5.90. The smallest absolute Gasteiger partial charge is 0.234 e. The van der Waals surface area contributed by atoms with E-state index in [1.54, 1.807) is 0 Å². The van der Waals surface area contributed by atoms with Crippen molar-refractivity contribution in [1.82, 2.24) is 20.9 Å². The second-order valence-electron chi connectivity index (χ2n) is 7.07. The van der Waals surface area contributed by atoms with E-state index >= 15 is 0 Å². The van der Waals surface area contributed by atoms with Gasteiger partial charge in [-0.1, -0.05) is 20.8 Å². The van der Waals surface area contributed by atoms with Crippen LogP contribution in [0.4, 0.5) is 0 Å². The maximum atomic E-state index is 12.0. The maximum Gasteiger partial charge on any atom is 0.234 e. The molecule has 6 heteroatoms. The van der Waals surface area contributed by atoms with E-state index < -0.39 is 0 Å². The van der Waals surface area contributed by atoms with Gasteiger partial charge in [-0.15, -0.1) is 0 Å². The first-order valence-electron chi connectivity index (χ1n) is 9.58. The average Bonchev–Trinajstić information content (AvgIpc) is 2.56. The Balaban J connectivity index is -0.00000192. The van der Waals surface area contributed by atoms with Crippen molar-refractivity contribution in [2.24, 2.45) is 0 Å². The number of nitrogens with zero attached hydrogens (tertiary/aromatic N) is 1. The van der Waals surface area contributed by atoms with Crippen LogP contribution in [0.2, 0.25) is 0 Å². The summed E-state index contributed by atoms with van der Waals surface area (Å²) >= 11 is 0. The molecule has 1 saturated heterocycles. The number of ether oxygens (including phenoxy) is 1. The highest BCUT2D eigenvalue weighted by molar-refractivity contribution is 5.78. The lowest BCUT2D eigenvalue weighted by molar-refractivity contribution is -0.122. The Morgan fingerprint density at radius 3 is 2.50 bits per heavy atom. The zero-order chi connectivity index (χ0) is 17.8. The van der Waals surface area contributed by atoms with Crippen LogP contribution in [-0.2, 0) is 9.53 Å². The molecule has 0 bridgehead atoms. The van der Waals surface area contributed by atoms with E-state index in [9.17, 15) is 4.79 Å². The molecular weight excluding hydrogens is 304 g/mol. The van der Waals surface area contributed by atoms with Crippen LogP contribution in [0.25, 0.3) is 0 Å². The molecule has 1 aliphatic heterocycles. The predicted octanol–water partition coefficient (Wildman–Crippen LogP) is 1.71. The SMILES string of the molecule is CCC(C)NCCNC(=O)CN1CCC(OCCNC(C)C)CC1.[HH].[HH].[HH]. The lowest BCUT2D eigenvalue weighted by Crippen LogP contribution is -2.44. The Morgan fingerprint density at radius 1 is 1.17 bits per heavy atom. The van der Waals surface area contributed by atoms with Crippen molar-refractivity contribution in [2.45, 2.75) is 65.1 Å². The fourth-order valence-electron chi connectivity index (χ4n) is 2.73. The van der Waals surface area contributed by atoms with E-state index in [1.807, 2.05) is 0 Å². The Kier molecular flexibility index (Phi) is 11.2. The zero-order valence-electron chi connectivity index (χ0n) is 16.1. The Labute approximate surface area is 152 Å². The number of likely N-dealkylation sites (tertiary alicyclic amines) is 1. The van der Waals surface area contributed by atoms with E-state index in [1.165, 1.54) is 0 Å². The molecule has 1 rings (SSSR count). The molecule has 0 saturated carbocycles. The summed E-state index contributed by atoms with van der Waals surface area (Å²) in [6, 6.07) is 1.02. The topological polar surface area (TPSA) is 65.6 Å². The van der Waals surface area contributed by atoms with Crippen LogP contribution in [0.1, 0.15) is 51.2 Å². The number of rotatable bonds is 12. The van der Waals surface area contributed by atoms with Gasteiger partial charge in [-0.3, -0.25) is 9.69 Å². The third-order valence-corrected chi connectivity index (χ3v) is 4.46. The van der Waals surface area contributed by atoms with Crippen molar-refractivity contribution in [3.05, 3.63) is 0 Å². The summed E-state index contributed by atoms with van der Waals surface area (Å²) in [5.74, 6) is 0.126. The summed E-state index contributed by atoms with van der Waals surface area (Å²) in [6.45, 7) is 14.2. The van der Waals surface area contributed by atoms with E-state index in [2.05, 4.69) is 48.5 Å². The van der Waals surface area contributed by atoms with Crippen LogP contribution in [0, 0.1) is 0 Å². The molecule has 0 radical (unpaired) electrons. The van der Waals surface area contributed by atoms with Gasteiger partial charge in [-0.05, 0) is 26.2 Å². The number of nitrogens with one attached hydrogen (secondary N) is 3. The summed E-state index contributed by atoms with van der Waals surface area (Å²) in [5, 5.41) is 9.73. The predicted molar refractivity (Wildman–Crippen MR) is 106 cm³/mol.